The van der Waals surface area contributed by atoms with Crippen LogP contribution in [0.5, 0.6) is 0 Å². The zero-order valence-electron chi connectivity index (χ0n) is 11.6. The Bertz CT molecular complexity index is 889. The van der Waals surface area contributed by atoms with E-state index < -0.39 is 41.4 Å². The summed E-state index contributed by atoms with van der Waals surface area (Å²) >= 11 is 3.11. The van der Waals surface area contributed by atoms with Crippen molar-refractivity contribution in [3.8, 4) is 11.1 Å². The van der Waals surface area contributed by atoms with Gasteiger partial charge in [0.05, 0.1) is 7.11 Å². The van der Waals surface area contributed by atoms with E-state index in [0.29, 0.717) is 4.47 Å². The summed E-state index contributed by atoms with van der Waals surface area (Å²) in [6.07, 6.45) is -4.88. The minimum atomic E-state index is -4.88. The van der Waals surface area contributed by atoms with Gasteiger partial charge < -0.3 is 4.74 Å². The number of esters is 1. The zero-order valence-corrected chi connectivity index (χ0v) is 15.6. The molecule has 0 amide bonds. The van der Waals surface area contributed by atoms with E-state index in [1.54, 1.807) is 0 Å². The van der Waals surface area contributed by atoms with E-state index in [1.165, 1.54) is 24.3 Å². The van der Waals surface area contributed by atoms with Crippen molar-refractivity contribution in [2.24, 2.45) is 0 Å². The highest BCUT2D eigenvalue weighted by Crippen LogP contribution is 2.48. The number of methoxy groups -OCH3 is 1. The van der Waals surface area contributed by atoms with Crippen molar-refractivity contribution in [2.75, 3.05) is 7.11 Å². The van der Waals surface area contributed by atoms with Crippen LogP contribution in [-0.4, -0.2) is 21.5 Å². The van der Waals surface area contributed by atoms with Gasteiger partial charge in [-0.25, -0.2) is 13.2 Å². The number of carbonyl (C=O) groups excluding carboxylic acids is 1. The molecule has 0 N–H and O–H groups in total. The molecule has 0 saturated heterocycles. The molecular formula is C13H7BrClF3O4S2. The fraction of sp³-hybridized carbons (Fsp3) is 0.154. The number of hydrogen-bond acceptors (Lipinski definition) is 5. The summed E-state index contributed by atoms with van der Waals surface area (Å²) < 4.78 is 68.8. The van der Waals surface area contributed by atoms with Crippen molar-refractivity contribution in [3.05, 3.63) is 38.5 Å². The van der Waals surface area contributed by atoms with Crippen molar-refractivity contribution >= 4 is 53.0 Å². The summed E-state index contributed by atoms with van der Waals surface area (Å²) in [4.78, 5) is 8.87. The van der Waals surface area contributed by atoms with Crippen LogP contribution in [0, 0.1) is 0 Å². The smallest absolute Gasteiger partial charge is 0.426 e. The summed E-state index contributed by atoms with van der Waals surface area (Å²) in [5.41, 5.74) is -0.716. The fourth-order valence-electron chi connectivity index (χ4n) is 1.95. The Labute approximate surface area is 151 Å². The third kappa shape index (κ3) is 3.76. The van der Waals surface area contributed by atoms with Crippen LogP contribution in [0.1, 0.15) is 14.5 Å². The lowest BCUT2D eigenvalue weighted by Gasteiger charge is -2.09. The van der Waals surface area contributed by atoms with Gasteiger partial charge in [-0.15, -0.1) is 11.3 Å². The van der Waals surface area contributed by atoms with E-state index in [4.69, 9.17) is 10.7 Å². The molecule has 1 heterocycles. The van der Waals surface area contributed by atoms with E-state index in [2.05, 4.69) is 20.7 Å². The van der Waals surface area contributed by atoms with Crippen LogP contribution in [0.2, 0.25) is 0 Å². The maximum Gasteiger partial charge on any atom is 0.426 e. The number of thiophene rings is 1. The highest BCUT2D eigenvalue weighted by Gasteiger charge is 2.42. The number of hydrogen-bond donors (Lipinski definition) is 0. The summed E-state index contributed by atoms with van der Waals surface area (Å²) in [6.45, 7) is 0. The van der Waals surface area contributed by atoms with Crippen LogP contribution in [0.25, 0.3) is 11.1 Å². The van der Waals surface area contributed by atoms with Crippen molar-refractivity contribution in [1.29, 1.82) is 0 Å². The highest BCUT2D eigenvalue weighted by molar-refractivity contribution is 9.10. The van der Waals surface area contributed by atoms with Crippen LogP contribution in [0.3, 0.4) is 0 Å². The molecule has 0 bridgehead atoms. The Morgan fingerprint density at radius 1 is 1.25 bits per heavy atom. The first kappa shape index (κ1) is 19.2. The van der Waals surface area contributed by atoms with Gasteiger partial charge in [-0.05, 0) is 17.7 Å². The number of alkyl halides is 3. The molecule has 130 valence electrons. The van der Waals surface area contributed by atoms with Crippen LogP contribution < -0.4 is 0 Å². The minimum absolute atomic E-state index is 0.0232. The van der Waals surface area contributed by atoms with Gasteiger partial charge in [-0.2, -0.15) is 13.2 Å². The molecule has 0 aliphatic rings. The Morgan fingerprint density at radius 2 is 1.79 bits per heavy atom. The maximum absolute atomic E-state index is 13.4. The van der Waals surface area contributed by atoms with Gasteiger partial charge in [0, 0.05) is 20.7 Å². The van der Waals surface area contributed by atoms with Gasteiger partial charge in [0.2, 0.25) is 0 Å². The normalized spacial score (nSPS) is 12.2. The second-order valence-electron chi connectivity index (χ2n) is 4.40. The highest BCUT2D eigenvalue weighted by atomic mass is 79.9. The molecule has 0 spiro atoms. The molecule has 1 aromatic heterocycles. The molecule has 4 nitrogen and oxygen atoms in total. The van der Waals surface area contributed by atoms with Crippen molar-refractivity contribution < 1.29 is 31.1 Å². The van der Waals surface area contributed by atoms with E-state index in [1.807, 2.05) is 0 Å². The van der Waals surface area contributed by atoms with Gasteiger partial charge in [-0.1, -0.05) is 28.1 Å². The largest absolute Gasteiger partial charge is 0.465 e. The molecule has 0 aliphatic heterocycles. The Hall–Kier alpha value is -1.10. The lowest BCUT2D eigenvalue weighted by Crippen LogP contribution is -2.06. The third-order valence-corrected chi connectivity index (χ3v) is 6.10. The first-order valence-corrected chi connectivity index (χ1v) is 9.91. The topological polar surface area (TPSA) is 60.4 Å². The monoisotopic (exact) mass is 462 g/mol. The summed E-state index contributed by atoms with van der Waals surface area (Å²) in [5, 5.41) is 0. The maximum atomic E-state index is 13.4. The molecular weight excluding hydrogens is 457 g/mol. The van der Waals surface area contributed by atoms with Crippen LogP contribution in [-0.2, 0) is 20.0 Å². The molecule has 0 atom stereocenters. The standard InChI is InChI=1S/C13H7BrClF3O4S2/c1-22-12(19)9-10(24(15,20)21)8(11(23-9)13(16,17)18)6-2-4-7(14)5-3-6/h2-5H,1H3. The van der Waals surface area contributed by atoms with Gasteiger partial charge in [0.1, 0.15) is 14.6 Å². The zero-order chi connectivity index (χ0) is 18.3. The van der Waals surface area contributed by atoms with Crippen molar-refractivity contribution in [3.63, 3.8) is 0 Å². The number of benzene rings is 1. The quantitative estimate of drug-likeness (QED) is 0.479. The van der Waals surface area contributed by atoms with Crippen LogP contribution >= 0.6 is 37.9 Å². The Morgan fingerprint density at radius 3 is 2.21 bits per heavy atom. The first-order valence-electron chi connectivity index (χ1n) is 5.99. The second-order valence-corrected chi connectivity index (χ2v) is 8.84. The second kappa shape index (κ2) is 6.66. The van der Waals surface area contributed by atoms with E-state index in [0.717, 1.165) is 7.11 Å². The molecule has 11 heteroatoms. The third-order valence-electron chi connectivity index (χ3n) is 2.87. The predicted octanol–water partition coefficient (Wildman–Crippen LogP) is 4.91. The number of rotatable bonds is 3. The van der Waals surface area contributed by atoms with E-state index >= 15 is 0 Å². The summed E-state index contributed by atoms with van der Waals surface area (Å²) in [7, 11) is 1.59. The number of ether oxygens (including phenoxy) is 1. The summed E-state index contributed by atoms with van der Waals surface area (Å²) in [6, 6.07) is 5.45. The van der Waals surface area contributed by atoms with Crippen molar-refractivity contribution in [1.82, 2.24) is 0 Å². The Balaban J connectivity index is 2.95. The SMILES string of the molecule is COC(=O)c1sc(C(F)(F)F)c(-c2ccc(Br)cc2)c1S(=O)(=O)Cl. The van der Waals surface area contributed by atoms with Crippen LogP contribution in [0.15, 0.2) is 33.6 Å². The average Bonchev–Trinajstić information content (AvgIpc) is 2.88. The fourth-order valence-corrected chi connectivity index (χ4v) is 5.11. The Kier molecular flexibility index (Phi) is 5.34. The van der Waals surface area contributed by atoms with Crippen LogP contribution in [0.4, 0.5) is 13.2 Å². The van der Waals surface area contributed by atoms with Gasteiger partial charge in [0.15, 0.2) is 0 Å². The summed E-state index contributed by atoms with van der Waals surface area (Å²) in [5.74, 6) is -1.21. The molecule has 0 aliphatic carbocycles. The molecule has 2 rings (SSSR count). The molecule has 1 aromatic carbocycles. The average molecular weight is 464 g/mol. The predicted molar refractivity (Wildman–Crippen MR) is 86.8 cm³/mol. The molecule has 0 radical (unpaired) electrons. The van der Waals surface area contributed by atoms with Gasteiger partial charge >= 0.3 is 12.1 Å². The lowest BCUT2D eigenvalue weighted by atomic mass is 10.1. The number of halogens is 5. The molecule has 0 saturated carbocycles. The lowest BCUT2D eigenvalue weighted by molar-refractivity contribution is -0.133. The molecule has 0 unspecified atom stereocenters. The first-order chi connectivity index (χ1) is 11.0. The molecule has 0 fully saturated rings. The molecule has 2 aromatic rings. The minimum Gasteiger partial charge on any atom is -0.465 e. The van der Waals surface area contributed by atoms with E-state index in [9.17, 15) is 26.4 Å². The number of carbonyl (C=O) groups is 1. The molecule has 24 heavy (non-hydrogen) atoms. The van der Waals surface area contributed by atoms with Gasteiger partial charge in [0.25, 0.3) is 9.05 Å². The van der Waals surface area contributed by atoms with E-state index in [-0.39, 0.29) is 16.9 Å². The van der Waals surface area contributed by atoms with Crippen molar-refractivity contribution in [2.45, 2.75) is 11.1 Å². The van der Waals surface area contributed by atoms with Gasteiger partial charge in [-0.3, -0.25) is 0 Å².